The summed E-state index contributed by atoms with van der Waals surface area (Å²) in [6.45, 7) is 0. The van der Waals surface area contributed by atoms with Crippen molar-refractivity contribution in [2.75, 3.05) is 26.1 Å². The van der Waals surface area contributed by atoms with Gasteiger partial charge in [0, 0.05) is 25.3 Å². The van der Waals surface area contributed by atoms with E-state index in [0.29, 0.717) is 23.4 Å². The van der Waals surface area contributed by atoms with Gasteiger partial charge in [-0.15, -0.1) is 0 Å². The van der Waals surface area contributed by atoms with Crippen LogP contribution in [-0.2, 0) is 14.3 Å². The lowest BCUT2D eigenvalue weighted by atomic mass is 9.90. The minimum Gasteiger partial charge on any atom is -0.506 e. The first-order valence-electron chi connectivity index (χ1n) is 10.8. The van der Waals surface area contributed by atoms with Crippen LogP contribution in [0, 0.1) is 0 Å². The van der Waals surface area contributed by atoms with Gasteiger partial charge in [0.25, 0.3) is 17.6 Å². The van der Waals surface area contributed by atoms with Crippen LogP contribution in [0.15, 0.2) is 94.3 Å². The second-order valence-electron chi connectivity index (χ2n) is 8.19. The molecule has 7 heteroatoms. The summed E-state index contributed by atoms with van der Waals surface area (Å²) < 4.78 is 5.09. The molecule has 1 N–H and O–H groups in total. The van der Waals surface area contributed by atoms with Crippen LogP contribution in [0.25, 0.3) is 0 Å². The number of methoxy groups -OCH3 is 1. The van der Waals surface area contributed by atoms with Gasteiger partial charge in [-0.2, -0.15) is 0 Å². The molecule has 1 aromatic rings. The molecule has 1 aromatic carbocycles. The number of nitrogens with zero attached hydrogens (tertiary/aromatic N) is 2. The maximum absolute atomic E-state index is 13.2. The number of aliphatic hydroxyl groups excluding tert-OH is 1. The molecule has 1 atom stereocenters. The summed E-state index contributed by atoms with van der Waals surface area (Å²) in [5, 5.41) is 11.1. The quantitative estimate of drug-likeness (QED) is 0.317. The summed E-state index contributed by atoms with van der Waals surface area (Å²) in [7, 11) is 4.81. The fourth-order valence-corrected chi connectivity index (χ4v) is 4.10. The number of rotatable bonds is 5. The van der Waals surface area contributed by atoms with Crippen LogP contribution in [0.5, 0.6) is 0 Å². The Morgan fingerprint density at radius 2 is 1.88 bits per heavy atom. The molecule has 3 aliphatic rings. The second-order valence-corrected chi connectivity index (χ2v) is 8.19. The van der Waals surface area contributed by atoms with Gasteiger partial charge in [0.15, 0.2) is 5.76 Å². The van der Waals surface area contributed by atoms with E-state index in [1.165, 1.54) is 16.9 Å². The van der Waals surface area contributed by atoms with Crippen LogP contribution in [0.4, 0.5) is 5.69 Å². The summed E-state index contributed by atoms with van der Waals surface area (Å²) in [5.41, 5.74) is 7.55. The molecule has 0 spiro atoms. The number of Topliss-reactive ketones (excluding diaryl/α,β-unsaturated/α-hetero) is 1. The summed E-state index contributed by atoms with van der Waals surface area (Å²) in [6.07, 6.45) is 10.3. The van der Waals surface area contributed by atoms with Crippen molar-refractivity contribution in [2.45, 2.75) is 18.9 Å². The van der Waals surface area contributed by atoms with E-state index in [1.54, 1.807) is 50.5 Å². The lowest BCUT2D eigenvalue weighted by Gasteiger charge is -2.28. The Morgan fingerprint density at radius 1 is 1.15 bits per heavy atom. The Hall–Kier alpha value is -4.31. The Labute approximate surface area is 197 Å². The molecule has 7 nitrogen and oxygen atoms in total. The number of hydrogen-bond donors (Lipinski definition) is 1. The summed E-state index contributed by atoms with van der Waals surface area (Å²) in [4.78, 5) is 41.5. The molecule has 0 bridgehead atoms. The molecule has 4 rings (SSSR count). The lowest BCUT2D eigenvalue weighted by molar-refractivity contribution is -0.132. The Bertz CT molecular complexity index is 1290. The largest absolute Gasteiger partial charge is 0.506 e. The van der Waals surface area contributed by atoms with Gasteiger partial charge in [-0.25, -0.2) is 0 Å². The highest BCUT2D eigenvalue weighted by molar-refractivity contribution is 6.51. The second kappa shape index (κ2) is 9.28. The lowest BCUT2D eigenvalue weighted by Crippen LogP contribution is -2.36. The average Bonchev–Trinajstić information content (AvgIpc) is 3.14. The van der Waals surface area contributed by atoms with Gasteiger partial charge < -0.3 is 14.7 Å². The Morgan fingerprint density at radius 3 is 2.44 bits per heavy atom. The number of aliphatic hydroxyl groups is 1. The molecule has 34 heavy (non-hydrogen) atoms. The number of hydrogen-bond acceptors (Lipinski definition) is 5. The standard InChI is InChI=1S/C27H24N2O5/c1-28(2)26(32)19-9-13-20(14-10-19)29-23(17-7-5-4-6-8-17)22(25(31)27(29)33)24(30)18-11-15-21(34-3)16-12-18/h4-5,7,9-11,13-15,23,30H,6,8H2,1-3H3/b24-22-. The highest BCUT2D eigenvalue weighted by Crippen LogP contribution is 2.38. The Balaban J connectivity index is 1.85. The summed E-state index contributed by atoms with van der Waals surface area (Å²) in [5.74, 6) is -1.58. The van der Waals surface area contributed by atoms with Crippen LogP contribution >= 0.6 is 0 Å². The number of amides is 2. The first kappa shape index (κ1) is 22.9. The highest BCUT2D eigenvalue weighted by atomic mass is 16.5. The smallest absolute Gasteiger partial charge is 0.300 e. The third-order valence-corrected chi connectivity index (χ3v) is 5.84. The van der Waals surface area contributed by atoms with E-state index in [2.05, 4.69) is 11.5 Å². The molecular formula is C27H24N2O5. The zero-order valence-corrected chi connectivity index (χ0v) is 19.2. The molecule has 1 unspecified atom stereocenters. The predicted molar refractivity (Wildman–Crippen MR) is 127 cm³/mol. The molecular weight excluding hydrogens is 432 g/mol. The first-order valence-corrected chi connectivity index (χ1v) is 10.8. The number of ether oxygens (including phenoxy) is 1. The highest BCUT2D eigenvalue weighted by Gasteiger charge is 2.47. The number of benzene rings is 1. The predicted octanol–water partition coefficient (Wildman–Crippen LogP) is 3.54. The fourth-order valence-electron chi connectivity index (χ4n) is 4.10. The van der Waals surface area contributed by atoms with Gasteiger partial charge >= 0.3 is 0 Å². The summed E-state index contributed by atoms with van der Waals surface area (Å²) >= 11 is 0. The van der Waals surface area contributed by atoms with Crippen molar-refractivity contribution < 1.29 is 24.2 Å². The molecule has 1 fully saturated rings. The number of allylic oxidation sites excluding steroid dienone is 5. The SMILES string of the molecule is COC1=C=C=C(/C(O)=C2/C(=O)C(=O)N(c3ccc(C(=O)N(C)C)cc3)C2C2=CC=CCC2)C=C1. The van der Waals surface area contributed by atoms with Crippen LogP contribution in [0.3, 0.4) is 0 Å². The zero-order chi connectivity index (χ0) is 24.4. The summed E-state index contributed by atoms with van der Waals surface area (Å²) in [6, 6.07) is 5.74. The van der Waals surface area contributed by atoms with E-state index in [-0.39, 0.29) is 22.8 Å². The molecule has 0 radical (unpaired) electrons. The molecule has 172 valence electrons. The number of carbonyl (C=O) groups excluding carboxylic acids is 3. The van der Waals surface area contributed by atoms with E-state index in [0.717, 1.165) is 12.0 Å². The Kier molecular flexibility index (Phi) is 6.24. The van der Waals surface area contributed by atoms with Crippen molar-refractivity contribution in [1.82, 2.24) is 4.90 Å². The van der Waals surface area contributed by atoms with Crippen LogP contribution in [0.1, 0.15) is 23.2 Å². The third-order valence-electron chi connectivity index (χ3n) is 5.84. The molecule has 1 aliphatic heterocycles. The molecule has 1 saturated heterocycles. The third kappa shape index (κ3) is 4.06. The van der Waals surface area contributed by atoms with E-state index < -0.39 is 17.7 Å². The van der Waals surface area contributed by atoms with E-state index in [4.69, 9.17) is 4.74 Å². The van der Waals surface area contributed by atoms with Crippen molar-refractivity contribution in [3.05, 3.63) is 99.9 Å². The van der Waals surface area contributed by atoms with E-state index in [1.807, 2.05) is 18.2 Å². The molecule has 2 amide bonds. The number of carbonyl (C=O) groups is 3. The average molecular weight is 456 g/mol. The van der Waals surface area contributed by atoms with Crippen molar-refractivity contribution in [3.63, 3.8) is 0 Å². The molecule has 0 saturated carbocycles. The topological polar surface area (TPSA) is 87.1 Å². The first-order chi connectivity index (χ1) is 16.3. The van der Waals surface area contributed by atoms with Crippen LogP contribution < -0.4 is 4.90 Å². The molecule has 0 aromatic heterocycles. The van der Waals surface area contributed by atoms with Gasteiger partial charge in [0.2, 0.25) is 0 Å². The number of anilines is 1. The van der Waals surface area contributed by atoms with Gasteiger partial charge in [0.05, 0.1) is 24.3 Å². The van der Waals surface area contributed by atoms with Crippen molar-refractivity contribution in [3.8, 4) is 0 Å². The molecule has 2 aliphatic carbocycles. The zero-order valence-electron chi connectivity index (χ0n) is 19.2. The van der Waals surface area contributed by atoms with Gasteiger partial charge in [-0.3, -0.25) is 19.3 Å². The number of ketones is 1. The van der Waals surface area contributed by atoms with E-state index >= 15 is 0 Å². The monoisotopic (exact) mass is 456 g/mol. The van der Waals surface area contributed by atoms with Crippen molar-refractivity contribution in [2.24, 2.45) is 0 Å². The minimum atomic E-state index is -0.782. The van der Waals surface area contributed by atoms with Crippen molar-refractivity contribution >= 4 is 23.3 Å². The minimum absolute atomic E-state index is 0.00480. The normalized spacial score (nSPS) is 20.7. The van der Waals surface area contributed by atoms with Gasteiger partial charge in [-0.1, -0.05) is 24.0 Å². The van der Waals surface area contributed by atoms with Crippen LogP contribution in [0.2, 0.25) is 0 Å². The van der Waals surface area contributed by atoms with Crippen molar-refractivity contribution in [1.29, 1.82) is 0 Å². The van der Waals surface area contributed by atoms with Crippen LogP contribution in [-0.4, -0.2) is 54.9 Å². The van der Waals surface area contributed by atoms with Gasteiger partial charge in [-0.05, 0) is 60.6 Å². The maximum Gasteiger partial charge on any atom is 0.300 e. The molecule has 1 heterocycles. The maximum atomic E-state index is 13.2. The fraction of sp³-hybridized carbons (Fsp3) is 0.222. The van der Waals surface area contributed by atoms with E-state index in [9.17, 15) is 19.5 Å². The van der Waals surface area contributed by atoms with Gasteiger partial charge in [0.1, 0.15) is 5.76 Å².